The molecule has 0 bridgehead atoms. The second-order valence-corrected chi connectivity index (χ2v) is 4.53. The van der Waals surface area contributed by atoms with Crippen LogP contribution < -0.4 is 10.1 Å². The lowest BCUT2D eigenvalue weighted by Gasteiger charge is -2.19. The Hall–Kier alpha value is -1.94. The second kappa shape index (κ2) is 7.01. The van der Waals surface area contributed by atoms with Gasteiger partial charge in [-0.15, -0.1) is 0 Å². The third-order valence-corrected chi connectivity index (χ3v) is 3.09. The van der Waals surface area contributed by atoms with Gasteiger partial charge in [0.1, 0.15) is 11.6 Å². The topological polar surface area (TPSA) is 34.1 Å². The maximum absolute atomic E-state index is 14.0. The molecule has 0 aliphatic carbocycles. The number of aromatic nitrogens is 1. The van der Waals surface area contributed by atoms with Crippen molar-refractivity contribution in [3.63, 3.8) is 0 Å². The number of halogens is 1. The first-order valence-electron chi connectivity index (χ1n) is 6.74. The molecular formula is C16H19FN2O. The summed E-state index contributed by atoms with van der Waals surface area (Å²) in [5.41, 5.74) is 1.35. The summed E-state index contributed by atoms with van der Waals surface area (Å²) >= 11 is 0. The third-order valence-electron chi connectivity index (χ3n) is 3.09. The van der Waals surface area contributed by atoms with Crippen LogP contribution in [0.4, 0.5) is 4.39 Å². The van der Waals surface area contributed by atoms with Gasteiger partial charge < -0.3 is 10.1 Å². The average molecular weight is 274 g/mol. The van der Waals surface area contributed by atoms with Gasteiger partial charge in [-0.1, -0.05) is 19.1 Å². The van der Waals surface area contributed by atoms with E-state index in [0.29, 0.717) is 5.69 Å². The molecule has 0 aliphatic rings. The molecule has 3 nitrogen and oxygen atoms in total. The summed E-state index contributed by atoms with van der Waals surface area (Å²) in [7, 11) is 1.62. The van der Waals surface area contributed by atoms with Crippen LogP contribution in [0.1, 0.15) is 30.6 Å². The van der Waals surface area contributed by atoms with Crippen LogP contribution in [0.2, 0.25) is 0 Å². The zero-order chi connectivity index (χ0) is 14.4. The minimum atomic E-state index is -0.302. The predicted octanol–water partition coefficient (Wildman–Crippen LogP) is 3.32. The molecule has 0 aliphatic heterocycles. The monoisotopic (exact) mass is 274 g/mol. The van der Waals surface area contributed by atoms with E-state index in [-0.39, 0.29) is 11.9 Å². The number of hydrogen-bond acceptors (Lipinski definition) is 3. The van der Waals surface area contributed by atoms with Gasteiger partial charge in [-0.25, -0.2) is 4.39 Å². The van der Waals surface area contributed by atoms with E-state index in [1.807, 2.05) is 24.3 Å². The summed E-state index contributed by atoms with van der Waals surface area (Å²) in [6, 6.07) is 10.4. The Bertz CT molecular complexity index is 560. The normalized spacial score (nSPS) is 12.2. The SMILES string of the molecule is CCCNC(c1cccc(OC)c1)c1ncccc1F. The Morgan fingerprint density at radius 1 is 1.30 bits per heavy atom. The van der Waals surface area contributed by atoms with Crippen molar-refractivity contribution < 1.29 is 9.13 Å². The van der Waals surface area contributed by atoms with Crippen molar-refractivity contribution >= 4 is 0 Å². The Balaban J connectivity index is 2.38. The van der Waals surface area contributed by atoms with E-state index in [9.17, 15) is 4.39 Å². The smallest absolute Gasteiger partial charge is 0.146 e. The van der Waals surface area contributed by atoms with Crippen LogP contribution in [-0.4, -0.2) is 18.6 Å². The lowest BCUT2D eigenvalue weighted by atomic mass is 10.0. The molecule has 1 aromatic carbocycles. The van der Waals surface area contributed by atoms with Gasteiger partial charge in [0.15, 0.2) is 0 Å². The first-order chi connectivity index (χ1) is 9.76. The van der Waals surface area contributed by atoms with E-state index in [1.165, 1.54) is 6.07 Å². The standard InChI is InChI=1S/C16H19FN2O/c1-3-9-18-15(16-14(17)8-5-10-19-16)12-6-4-7-13(11-12)20-2/h4-8,10-11,15,18H,3,9H2,1-2H3. The quantitative estimate of drug-likeness (QED) is 0.877. The highest BCUT2D eigenvalue weighted by Crippen LogP contribution is 2.25. The molecule has 4 heteroatoms. The fraction of sp³-hybridized carbons (Fsp3) is 0.312. The zero-order valence-electron chi connectivity index (χ0n) is 11.8. The van der Waals surface area contributed by atoms with E-state index in [2.05, 4.69) is 17.2 Å². The number of hydrogen-bond donors (Lipinski definition) is 1. The molecule has 2 aromatic rings. The van der Waals surface area contributed by atoms with Crippen molar-refractivity contribution in [2.75, 3.05) is 13.7 Å². The molecular weight excluding hydrogens is 255 g/mol. The Labute approximate surface area is 118 Å². The molecule has 1 atom stereocenters. The molecule has 2 rings (SSSR count). The van der Waals surface area contributed by atoms with Crippen LogP contribution in [0.25, 0.3) is 0 Å². The predicted molar refractivity (Wildman–Crippen MR) is 77.3 cm³/mol. The van der Waals surface area contributed by atoms with Crippen molar-refractivity contribution in [3.8, 4) is 5.75 Å². The van der Waals surface area contributed by atoms with Crippen LogP contribution in [0, 0.1) is 5.82 Å². The van der Waals surface area contributed by atoms with Crippen LogP contribution in [-0.2, 0) is 0 Å². The first-order valence-corrected chi connectivity index (χ1v) is 6.74. The molecule has 1 N–H and O–H groups in total. The van der Waals surface area contributed by atoms with Crippen LogP contribution in [0.3, 0.4) is 0 Å². The van der Waals surface area contributed by atoms with Crippen molar-refractivity contribution in [1.29, 1.82) is 0 Å². The van der Waals surface area contributed by atoms with E-state index < -0.39 is 0 Å². The van der Waals surface area contributed by atoms with Gasteiger partial charge in [-0.3, -0.25) is 4.98 Å². The van der Waals surface area contributed by atoms with Crippen molar-refractivity contribution in [2.24, 2.45) is 0 Å². The Kier molecular flexibility index (Phi) is 5.07. The van der Waals surface area contributed by atoms with Crippen LogP contribution >= 0.6 is 0 Å². The number of ether oxygens (including phenoxy) is 1. The minimum Gasteiger partial charge on any atom is -0.497 e. The van der Waals surface area contributed by atoms with Crippen molar-refractivity contribution in [2.45, 2.75) is 19.4 Å². The molecule has 0 saturated carbocycles. The molecule has 0 amide bonds. The van der Waals surface area contributed by atoms with Gasteiger partial charge in [0.25, 0.3) is 0 Å². The minimum absolute atomic E-state index is 0.272. The number of pyridine rings is 1. The van der Waals surface area contributed by atoms with Gasteiger partial charge in [0, 0.05) is 6.20 Å². The van der Waals surface area contributed by atoms with Crippen molar-refractivity contribution in [1.82, 2.24) is 10.3 Å². The fourth-order valence-electron chi connectivity index (χ4n) is 2.09. The summed E-state index contributed by atoms with van der Waals surface area (Å²) in [5, 5.41) is 3.34. The number of methoxy groups -OCH3 is 1. The van der Waals surface area contributed by atoms with E-state index in [4.69, 9.17) is 4.74 Å². The molecule has 1 aromatic heterocycles. The molecule has 0 spiro atoms. The lowest BCUT2D eigenvalue weighted by Crippen LogP contribution is -2.25. The number of rotatable bonds is 6. The summed E-state index contributed by atoms with van der Waals surface area (Å²) in [4.78, 5) is 4.19. The fourth-order valence-corrected chi connectivity index (χ4v) is 2.09. The lowest BCUT2D eigenvalue weighted by molar-refractivity contribution is 0.413. The maximum atomic E-state index is 14.0. The summed E-state index contributed by atoms with van der Waals surface area (Å²) in [5.74, 6) is 0.450. The summed E-state index contributed by atoms with van der Waals surface area (Å²) < 4.78 is 19.2. The highest BCUT2D eigenvalue weighted by Gasteiger charge is 2.18. The summed E-state index contributed by atoms with van der Waals surface area (Å²) in [6.45, 7) is 2.86. The van der Waals surface area contributed by atoms with E-state index in [0.717, 1.165) is 24.3 Å². The first kappa shape index (κ1) is 14.5. The third kappa shape index (κ3) is 3.33. The molecule has 1 heterocycles. The Morgan fingerprint density at radius 3 is 2.85 bits per heavy atom. The summed E-state index contributed by atoms with van der Waals surface area (Å²) in [6.07, 6.45) is 2.58. The number of nitrogens with one attached hydrogen (secondary N) is 1. The molecule has 106 valence electrons. The highest BCUT2D eigenvalue weighted by molar-refractivity contribution is 5.35. The second-order valence-electron chi connectivity index (χ2n) is 4.53. The number of nitrogens with zero attached hydrogens (tertiary/aromatic N) is 1. The largest absolute Gasteiger partial charge is 0.497 e. The average Bonchev–Trinajstić information content (AvgIpc) is 2.49. The van der Waals surface area contributed by atoms with E-state index >= 15 is 0 Å². The van der Waals surface area contributed by atoms with Gasteiger partial charge in [-0.05, 0) is 42.8 Å². The van der Waals surface area contributed by atoms with Crippen LogP contribution in [0.15, 0.2) is 42.6 Å². The van der Waals surface area contributed by atoms with E-state index in [1.54, 1.807) is 19.4 Å². The zero-order valence-corrected chi connectivity index (χ0v) is 11.8. The molecule has 0 fully saturated rings. The maximum Gasteiger partial charge on any atom is 0.146 e. The van der Waals surface area contributed by atoms with Crippen molar-refractivity contribution in [3.05, 3.63) is 59.7 Å². The van der Waals surface area contributed by atoms with Gasteiger partial charge >= 0.3 is 0 Å². The molecule has 0 saturated heterocycles. The van der Waals surface area contributed by atoms with Gasteiger partial charge in [-0.2, -0.15) is 0 Å². The number of benzene rings is 1. The molecule has 1 unspecified atom stereocenters. The highest BCUT2D eigenvalue weighted by atomic mass is 19.1. The van der Waals surface area contributed by atoms with Gasteiger partial charge in [0.2, 0.25) is 0 Å². The van der Waals surface area contributed by atoms with Gasteiger partial charge in [0.05, 0.1) is 18.8 Å². The Morgan fingerprint density at radius 2 is 2.15 bits per heavy atom. The molecule has 20 heavy (non-hydrogen) atoms. The van der Waals surface area contributed by atoms with Crippen LogP contribution in [0.5, 0.6) is 5.75 Å². The molecule has 0 radical (unpaired) electrons.